The maximum Gasteiger partial charge on any atom is 0.274 e. The van der Waals surface area contributed by atoms with Crippen molar-refractivity contribution >= 4 is 16.8 Å². The molecule has 0 unspecified atom stereocenters. The highest BCUT2D eigenvalue weighted by atomic mass is 19.1. The molecule has 0 radical (unpaired) electrons. The van der Waals surface area contributed by atoms with E-state index in [0.717, 1.165) is 11.6 Å². The van der Waals surface area contributed by atoms with Gasteiger partial charge < -0.3 is 0 Å². The van der Waals surface area contributed by atoms with Crippen molar-refractivity contribution < 1.29 is 14.4 Å². The number of nitrogens with zero attached hydrogens (tertiary/aromatic N) is 2. The predicted octanol–water partition coefficient (Wildman–Crippen LogP) is 1.70. The van der Waals surface area contributed by atoms with Crippen molar-refractivity contribution in [2.75, 3.05) is 0 Å². The third-order valence-corrected chi connectivity index (χ3v) is 3.46. The molecule has 0 bridgehead atoms. The highest BCUT2D eigenvalue weighted by Crippen LogP contribution is 2.10. The second kappa shape index (κ2) is 5.98. The predicted molar refractivity (Wildman–Crippen MR) is 80.8 cm³/mol. The van der Waals surface area contributed by atoms with Gasteiger partial charge in [-0.3, -0.25) is 19.4 Å². The van der Waals surface area contributed by atoms with Crippen molar-refractivity contribution in [2.24, 2.45) is 0 Å². The minimum atomic E-state index is -0.614. The number of aromatic nitrogens is 2. The molecule has 0 spiro atoms. The Kier molecular flexibility index (Phi) is 3.86. The molecular formula is C16H12FN3O3. The molecular weight excluding hydrogens is 301 g/mol. The van der Waals surface area contributed by atoms with Gasteiger partial charge in [-0.15, -0.1) is 0 Å². The van der Waals surface area contributed by atoms with Crippen molar-refractivity contribution in [1.82, 2.24) is 15.0 Å². The molecule has 2 aromatic carbocycles. The molecule has 2 N–H and O–H groups in total. The maximum atomic E-state index is 13.3. The summed E-state index contributed by atoms with van der Waals surface area (Å²) < 4.78 is 14.7. The number of carbonyl (C=O) groups is 1. The Morgan fingerprint density at radius 1 is 1.22 bits per heavy atom. The van der Waals surface area contributed by atoms with E-state index in [-0.39, 0.29) is 17.5 Å². The summed E-state index contributed by atoms with van der Waals surface area (Å²) in [5.74, 6) is -1.11. The van der Waals surface area contributed by atoms with E-state index in [1.165, 1.54) is 35.2 Å². The van der Waals surface area contributed by atoms with Gasteiger partial charge in [-0.1, -0.05) is 12.1 Å². The van der Waals surface area contributed by atoms with Crippen molar-refractivity contribution in [3.63, 3.8) is 0 Å². The Morgan fingerprint density at radius 3 is 2.65 bits per heavy atom. The van der Waals surface area contributed by atoms with Crippen molar-refractivity contribution in [3.05, 3.63) is 76.1 Å². The number of hydrogen-bond donors (Lipinski definition) is 2. The molecule has 0 atom stereocenters. The van der Waals surface area contributed by atoms with E-state index < -0.39 is 11.7 Å². The molecule has 0 saturated heterocycles. The van der Waals surface area contributed by atoms with Gasteiger partial charge in [0, 0.05) is 5.56 Å². The lowest BCUT2D eigenvalue weighted by molar-refractivity contribution is 0.0706. The van der Waals surface area contributed by atoms with Gasteiger partial charge in [0.15, 0.2) is 0 Å². The Bertz CT molecular complexity index is 935. The molecule has 3 aromatic rings. The average Bonchev–Trinajstić information content (AvgIpc) is 2.58. The summed E-state index contributed by atoms with van der Waals surface area (Å²) in [5.41, 5.74) is 2.69. The first kappa shape index (κ1) is 14.9. The van der Waals surface area contributed by atoms with Crippen LogP contribution in [0.1, 0.15) is 15.9 Å². The first-order chi connectivity index (χ1) is 11.1. The highest BCUT2D eigenvalue weighted by molar-refractivity contribution is 5.93. The molecule has 0 aliphatic heterocycles. The Hall–Kier alpha value is -3.06. The normalized spacial score (nSPS) is 10.7. The van der Waals surface area contributed by atoms with Crippen molar-refractivity contribution in [2.45, 2.75) is 6.54 Å². The smallest absolute Gasteiger partial charge is 0.274 e. The van der Waals surface area contributed by atoms with E-state index in [4.69, 9.17) is 5.21 Å². The van der Waals surface area contributed by atoms with Crippen LogP contribution in [0.25, 0.3) is 10.9 Å². The number of halogens is 1. The number of amides is 1. The number of carbonyl (C=O) groups excluding carboxylic acids is 1. The zero-order valence-electron chi connectivity index (χ0n) is 11.9. The summed E-state index contributed by atoms with van der Waals surface area (Å²) >= 11 is 0. The van der Waals surface area contributed by atoms with Crippen LogP contribution in [0, 0.1) is 5.82 Å². The van der Waals surface area contributed by atoms with Crippen LogP contribution in [0.3, 0.4) is 0 Å². The minimum Gasteiger partial charge on any atom is -0.294 e. The maximum absolute atomic E-state index is 13.3. The van der Waals surface area contributed by atoms with Gasteiger partial charge in [0.1, 0.15) is 5.82 Å². The number of benzene rings is 2. The van der Waals surface area contributed by atoms with Gasteiger partial charge >= 0.3 is 0 Å². The second-order valence-corrected chi connectivity index (χ2v) is 4.98. The fraction of sp³-hybridized carbons (Fsp3) is 0.0625. The zero-order chi connectivity index (χ0) is 16.4. The van der Waals surface area contributed by atoms with Crippen LogP contribution in [0.5, 0.6) is 0 Å². The topological polar surface area (TPSA) is 84.2 Å². The Labute approximate surface area is 129 Å². The van der Waals surface area contributed by atoms with E-state index in [9.17, 15) is 14.0 Å². The molecule has 0 fully saturated rings. The number of fused-ring (bicyclic) bond motifs is 1. The van der Waals surface area contributed by atoms with Gasteiger partial charge in [-0.2, -0.15) is 0 Å². The van der Waals surface area contributed by atoms with Gasteiger partial charge in [0.05, 0.1) is 23.8 Å². The summed E-state index contributed by atoms with van der Waals surface area (Å²) in [6.45, 7) is 0.235. The number of hydrogen-bond acceptors (Lipinski definition) is 4. The van der Waals surface area contributed by atoms with Gasteiger partial charge in [-0.05, 0) is 35.9 Å². The average molecular weight is 313 g/mol. The van der Waals surface area contributed by atoms with E-state index in [1.54, 1.807) is 17.6 Å². The third kappa shape index (κ3) is 2.95. The van der Waals surface area contributed by atoms with Crippen LogP contribution in [0.4, 0.5) is 4.39 Å². The second-order valence-electron chi connectivity index (χ2n) is 4.98. The van der Waals surface area contributed by atoms with Gasteiger partial charge in [-0.25, -0.2) is 14.9 Å². The zero-order valence-corrected chi connectivity index (χ0v) is 11.9. The lowest BCUT2D eigenvalue weighted by Gasteiger charge is -2.07. The Morgan fingerprint density at radius 2 is 1.96 bits per heavy atom. The summed E-state index contributed by atoms with van der Waals surface area (Å²) in [4.78, 5) is 27.8. The lowest BCUT2D eigenvalue weighted by Crippen LogP contribution is -2.21. The molecule has 0 saturated carbocycles. The summed E-state index contributed by atoms with van der Waals surface area (Å²) in [7, 11) is 0. The molecule has 0 aliphatic carbocycles. The fourth-order valence-electron chi connectivity index (χ4n) is 2.27. The van der Waals surface area contributed by atoms with Crippen LogP contribution in [0.2, 0.25) is 0 Å². The van der Waals surface area contributed by atoms with Crippen LogP contribution in [-0.2, 0) is 6.54 Å². The molecule has 116 valence electrons. The summed E-state index contributed by atoms with van der Waals surface area (Å²) in [6.07, 6.45) is 1.40. The first-order valence-corrected chi connectivity index (χ1v) is 6.76. The summed E-state index contributed by atoms with van der Waals surface area (Å²) in [5, 5.41) is 8.78. The molecule has 23 heavy (non-hydrogen) atoms. The molecule has 1 heterocycles. The first-order valence-electron chi connectivity index (χ1n) is 6.76. The molecule has 3 rings (SSSR count). The number of nitrogens with one attached hydrogen (secondary N) is 1. The third-order valence-electron chi connectivity index (χ3n) is 3.46. The molecule has 1 aromatic heterocycles. The van der Waals surface area contributed by atoms with Gasteiger partial charge in [0.25, 0.3) is 11.5 Å². The van der Waals surface area contributed by atoms with Crippen LogP contribution in [0.15, 0.2) is 53.6 Å². The monoisotopic (exact) mass is 313 g/mol. The number of rotatable bonds is 3. The Balaban J connectivity index is 1.94. The standard InChI is InChI=1S/C16H12FN3O3/c17-12-5-6-14-13(7-12)16(22)20(9-18-14)8-10-1-3-11(4-2-10)15(21)19-23/h1-7,9,23H,8H2,(H,19,21). The molecule has 0 aliphatic rings. The summed E-state index contributed by atoms with van der Waals surface area (Å²) in [6, 6.07) is 10.2. The molecule has 7 heteroatoms. The number of hydroxylamine groups is 1. The molecule has 1 amide bonds. The highest BCUT2D eigenvalue weighted by Gasteiger charge is 2.07. The van der Waals surface area contributed by atoms with E-state index in [0.29, 0.717) is 11.1 Å². The van der Waals surface area contributed by atoms with E-state index in [2.05, 4.69) is 4.98 Å². The quantitative estimate of drug-likeness (QED) is 0.569. The molecule has 6 nitrogen and oxygen atoms in total. The van der Waals surface area contributed by atoms with Crippen LogP contribution >= 0.6 is 0 Å². The van der Waals surface area contributed by atoms with E-state index >= 15 is 0 Å². The van der Waals surface area contributed by atoms with Crippen molar-refractivity contribution in [3.8, 4) is 0 Å². The minimum absolute atomic E-state index is 0.212. The van der Waals surface area contributed by atoms with Crippen molar-refractivity contribution in [1.29, 1.82) is 0 Å². The van der Waals surface area contributed by atoms with E-state index in [1.807, 2.05) is 0 Å². The largest absolute Gasteiger partial charge is 0.294 e. The van der Waals surface area contributed by atoms with Crippen LogP contribution in [-0.4, -0.2) is 20.7 Å². The lowest BCUT2D eigenvalue weighted by atomic mass is 10.1. The van der Waals surface area contributed by atoms with Crippen LogP contribution < -0.4 is 11.0 Å². The van der Waals surface area contributed by atoms with Gasteiger partial charge in [0.2, 0.25) is 0 Å². The fourth-order valence-corrected chi connectivity index (χ4v) is 2.27. The SMILES string of the molecule is O=C(NO)c1ccc(Cn2cnc3ccc(F)cc3c2=O)cc1.